The first kappa shape index (κ1) is 15.1. The van der Waals surface area contributed by atoms with Gasteiger partial charge in [-0.05, 0) is 38.5 Å². The van der Waals surface area contributed by atoms with E-state index in [0.717, 1.165) is 51.4 Å². The highest BCUT2D eigenvalue weighted by Crippen LogP contribution is 2.26. The van der Waals surface area contributed by atoms with Crippen LogP contribution in [0.5, 0.6) is 0 Å². The maximum atomic E-state index is 12.0. The van der Waals surface area contributed by atoms with Crippen molar-refractivity contribution in [1.29, 1.82) is 0 Å². The van der Waals surface area contributed by atoms with E-state index in [2.05, 4.69) is 15.5 Å². The number of nitrogens with one attached hydrogen (secondary N) is 2. The van der Waals surface area contributed by atoms with Gasteiger partial charge in [-0.2, -0.15) is 0 Å². The summed E-state index contributed by atoms with van der Waals surface area (Å²) in [4.78, 5) is 14.7. The summed E-state index contributed by atoms with van der Waals surface area (Å²) in [5.41, 5.74) is 0. The molecule has 1 unspecified atom stereocenters. The fourth-order valence-corrected chi connectivity index (χ4v) is 3.95. The van der Waals surface area contributed by atoms with Crippen molar-refractivity contribution in [3.8, 4) is 0 Å². The molecule has 120 valence electrons. The van der Waals surface area contributed by atoms with E-state index in [0.29, 0.717) is 12.6 Å². The van der Waals surface area contributed by atoms with Crippen LogP contribution in [0.4, 0.5) is 4.79 Å². The number of rotatable bonds is 3. The van der Waals surface area contributed by atoms with Crippen LogP contribution in [-0.4, -0.2) is 55.4 Å². The number of piperidine rings is 1. The minimum atomic E-state index is -0.00943. The molecular weight excluding hydrogens is 266 g/mol. The normalized spacial score (nSPS) is 29.4. The predicted molar refractivity (Wildman–Crippen MR) is 82.4 cm³/mol. The zero-order valence-electron chi connectivity index (χ0n) is 13.0. The van der Waals surface area contributed by atoms with Crippen LogP contribution in [0.25, 0.3) is 0 Å². The highest BCUT2D eigenvalue weighted by atomic mass is 16.5. The number of nitrogens with zero attached hydrogens (tertiary/aromatic N) is 1. The first-order valence-corrected chi connectivity index (χ1v) is 8.70. The first-order chi connectivity index (χ1) is 10.3. The molecule has 0 spiro atoms. The Balaban J connectivity index is 1.35. The van der Waals surface area contributed by atoms with Gasteiger partial charge in [-0.15, -0.1) is 0 Å². The van der Waals surface area contributed by atoms with Crippen molar-refractivity contribution in [3.05, 3.63) is 0 Å². The Labute approximate surface area is 127 Å². The topological polar surface area (TPSA) is 53.6 Å². The third-order valence-electron chi connectivity index (χ3n) is 5.20. The number of amides is 2. The van der Waals surface area contributed by atoms with Crippen LogP contribution in [0.1, 0.15) is 51.4 Å². The lowest BCUT2D eigenvalue weighted by Crippen LogP contribution is -2.52. The average molecular weight is 295 g/mol. The molecule has 1 aliphatic carbocycles. The molecule has 2 aliphatic heterocycles. The number of hydrogen-bond acceptors (Lipinski definition) is 3. The Hall–Kier alpha value is -0.810. The summed E-state index contributed by atoms with van der Waals surface area (Å²) in [6, 6.07) is 1.34. The van der Waals surface area contributed by atoms with Crippen molar-refractivity contribution < 1.29 is 9.53 Å². The van der Waals surface area contributed by atoms with E-state index < -0.39 is 0 Å². The molecule has 3 rings (SSSR count). The summed E-state index contributed by atoms with van der Waals surface area (Å²) >= 11 is 0. The standard InChI is InChI=1S/C16H29N3O2/c20-16(18-14-4-3-11-21-12-14)17-13-7-9-19(10-8-13)15-5-1-2-6-15/h13-15H,1-12H2,(H2,17,18,20). The number of carbonyl (C=O) groups is 1. The van der Waals surface area contributed by atoms with E-state index in [-0.39, 0.29) is 12.1 Å². The van der Waals surface area contributed by atoms with Crippen molar-refractivity contribution in [2.24, 2.45) is 0 Å². The smallest absolute Gasteiger partial charge is 0.315 e. The molecule has 1 saturated carbocycles. The van der Waals surface area contributed by atoms with Gasteiger partial charge in [0.2, 0.25) is 0 Å². The molecule has 3 aliphatic rings. The van der Waals surface area contributed by atoms with Crippen LogP contribution < -0.4 is 10.6 Å². The Kier molecular flexibility index (Phi) is 5.36. The first-order valence-electron chi connectivity index (χ1n) is 8.70. The van der Waals surface area contributed by atoms with Crippen molar-refractivity contribution in [1.82, 2.24) is 15.5 Å². The quantitative estimate of drug-likeness (QED) is 0.836. The minimum Gasteiger partial charge on any atom is -0.379 e. The number of likely N-dealkylation sites (tertiary alicyclic amines) is 1. The molecule has 2 N–H and O–H groups in total. The second kappa shape index (κ2) is 7.45. The van der Waals surface area contributed by atoms with Crippen LogP contribution in [0.2, 0.25) is 0 Å². The summed E-state index contributed by atoms with van der Waals surface area (Å²) in [5.74, 6) is 0. The van der Waals surface area contributed by atoms with E-state index in [9.17, 15) is 4.79 Å². The average Bonchev–Trinajstić information content (AvgIpc) is 3.03. The monoisotopic (exact) mass is 295 g/mol. The van der Waals surface area contributed by atoms with Crippen LogP contribution in [0.15, 0.2) is 0 Å². The van der Waals surface area contributed by atoms with Gasteiger partial charge >= 0.3 is 6.03 Å². The number of urea groups is 1. The molecule has 2 heterocycles. The highest BCUT2D eigenvalue weighted by Gasteiger charge is 2.28. The van der Waals surface area contributed by atoms with E-state index in [4.69, 9.17) is 4.74 Å². The second-order valence-corrected chi connectivity index (χ2v) is 6.78. The molecule has 0 radical (unpaired) electrons. The maximum absolute atomic E-state index is 12.0. The van der Waals surface area contributed by atoms with Gasteiger partial charge in [0.1, 0.15) is 0 Å². The Bertz CT molecular complexity index is 330. The largest absolute Gasteiger partial charge is 0.379 e. The lowest BCUT2D eigenvalue weighted by Gasteiger charge is -2.36. The Morgan fingerprint density at radius 2 is 1.62 bits per heavy atom. The van der Waals surface area contributed by atoms with Gasteiger partial charge in [0.15, 0.2) is 0 Å². The summed E-state index contributed by atoms with van der Waals surface area (Å²) in [6.07, 6.45) is 9.80. The van der Waals surface area contributed by atoms with Gasteiger partial charge in [-0.25, -0.2) is 4.79 Å². The lowest BCUT2D eigenvalue weighted by molar-refractivity contribution is 0.0726. The van der Waals surface area contributed by atoms with E-state index in [1.807, 2.05) is 0 Å². The molecule has 5 nitrogen and oxygen atoms in total. The van der Waals surface area contributed by atoms with Crippen LogP contribution in [0.3, 0.4) is 0 Å². The van der Waals surface area contributed by atoms with Crippen molar-refractivity contribution >= 4 is 6.03 Å². The van der Waals surface area contributed by atoms with Crippen LogP contribution in [0, 0.1) is 0 Å². The maximum Gasteiger partial charge on any atom is 0.315 e. The summed E-state index contributed by atoms with van der Waals surface area (Å²) in [5, 5.41) is 6.19. The van der Waals surface area contributed by atoms with Gasteiger partial charge in [0.25, 0.3) is 0 Å². The van der Waals surface area contributed by atoms with Gasteiger partial charge in [-0.1, -0.05) is 12.8 Å². The molecule has 0 aromatic heterocycles. The van der Waals surface area contributed by atoms with E-state index >= 15 is 0 Å². The predicted octanol–water partition coefficient (Wildman–Crippen LogP) is 1.87. The second-order valence-electron chi connectivity index (χ2n) is 6.78. The third-order valence-corrected chi connectivity index (χ3v) is 5.20. The number of ether oxygens (including phenoxy) is 1. The molecule has 21 heavy (non-hydrogen) atoms. The van der Waals surface area contributed by atoms with Crippen LogP contribution in [-0.2, 0) is 4.74 Å². The van der Waals surface area contributed by atoms with Gasteiger partial charge in [0, 0.05) is 31.8 Å². The molecule has 2 saturated heterocycles. The summed E-state index contributed by atoms with van der Waals surface area (Å²) in [6.45, 7) is 3.78. The molecule has 0 bridgehead atoms. The zero-order chi connectivity index (χ0) is 14.5. The van der Waals surface area contributed by atoms with E-state index in [1.165, 1.54) is 25.7 Å². The summed E-state index contributed by atoms with van der Waals surface area (Å²) < 4.78 is 5.39. The number of hydrogen-bond donors (Lipinski definition) is 2. The Morgan fingerprint density at radius 3 is 2.29 bits per heavy atom. The fraction of sp³-hybridized carbons (Fsp3) is 0.938. The van der Waals surface area contributed by atoms with Crippen LogP contribution >= 0.6 is 0 Å². The molecule has 0 aromatic rings. The minimum absolute atomic E-state index is 0.00943. The Morgan fingerprint density at radius 1 is 0.905 bits per heavy atom. The molecule has 5 heteroatoms. The van der Waals surface area contributed by atoms with Gasteiger partial charge in [-0.3, -0.25) is 0 Å². The molecule has 2 amide bonds. The summed E-state index contributed by atoms with van der Waals surface area (Å²) in [7, 11) is 0. The molecule has 1 atom stereocenters. The van der Waals surface area contributed by atoms with Crippen molar-refractivity contribution in [3.63, 3.8) is 0 Å². The molecular formula is C16H29N3O2. The lowest BCUT2D eigenvalue weighted by atomic mass is 10.0. The van der Waals surface area contributed by atoms with Crippen molar-refractivity contribution in [2.75, 3.05) is 26.3 Å². The fourth-order valence-electron chi connectivity index (χ4n) is 3.95. The third kappa shape index (κ3) is 4.33. The number of carbonyl (C=O) groups excluding carboxylic acids is 1. The van der Waals surface area contributed by atoms with Crippen molar-refractivity contribution in [2.45, 2.75) is 69.5 Å². The zero-order valence-corrected chi connectivity index (χ0v) is 13.0. The van der Waals surface area contributed by atoms with Gasteiger partial charge in [0.05, 0.1) is 12.6 Å². The molecule has 0 aromatic carbocycles. The molecule has 3 fully saturated rings. The van der Waals surface area contributed by atoms with E-state index in [1.54, 1.807) is 0 Å². The van der Waals surface area contributed by atoms with Gasteiger partial charge < -0.3 is 20.3 Å². The SMILES string of the molecule is O=C(NC1CCN(C2CCCC2)CC1)NC1CCCOC1. The highest BCUT2D eigenvalue weighted by molar-refractivity contribution is 5.74.